The smallest absolute Gasteiger partial charge is 0.337 e. The fourth-order valence-corrected chi connectivity index (χ4v) is 1.38. The number of nitrogens with zero attached hydrogens (tertiary/aromatic N) is 1. The molecule has 1 rings (SSSR count). The molecule has 0 bridgehead atoms. The van der Waals surface area contributed by atoms with Gasteiger partial charge in [-0.15, -0.1) is 0 Å². The fraction of sp³-hybridized carbons (Fsp3) is 0.167. The number of carbonyl (C=O) groups excluding carboxylic acids is 2. The Morgan fingerprint density at radius 3 is 2.53 bits per heavy atom. The minimum atomic E-state index is -1.25. The minimum Gasteiger partial charge on any atom is -0.478 e. The first-order valence-corrected chi connectivity index (χ1v) is 5.25. The Bertz CT molecular complexity index is 575. The zero-order valence-electron chi connectivity index (χ0n) is 10.1. The van der Waals surface area contributed by atoms with Crippen LogP contribution < -0.4 is 10.6 Å². The molecule has 0 atom stereocenters. The van der Waals surface area contributed by atoms with Crippen LogP contribution in [0.25, 0.3) is 0 Å². The molecule has 0 aliphatic heterocycles. The number of rotatable bonds is 4. The molecular weight excluding hydrogens is 250 g/mol. The molecule has 0 radical (unpaired) electrons. The Labute approximate surface area is 108 Å². The zero-order chi connectivity index (χ0) is 14.4. The Balaban J connectivity index is 3.05. The summed E-state index contributed by atoms with van der Waals surface area (Å²) >= 11 is 0. The molecule has 0 saturated carbocycles. The van der Waals surface area contributed by atoms with Crippen molar-refractivity contribution in [2.45, 2.75) is 13.3 Å². The number of nitriles is 1. The average molecular weight is 261 g/mol. The van der Waals surface area contributed by atoms with E-state index in [0.29, 0.717) is 5.69 Å². The van der Waals surface area contributed by atoms with Crippen LogP contribution in [0.1, 0.15) is 23.7 Å². The van der Waals surface area contributed by atoms with Crippen molar-refractivity contribution in [2.24, 2.45) is 0 Å². The highest BCUT2D eigenvalue weighted by molar-refractivity contribution is 6.02. The zero-order valence-corrected chi connectivity index (χ0v) is 10.1. The predicted molar refractivity (Wildman–Crippen MR) is 66.6 cm³/mol. The first-order valence-electron chi connectivity index (χ1n) is 5.25. The maximum Gasteiger partial charge on any atom is 0.337 e. The summed E-state index contributed by atoms with van der Waals surface area (Å²) in [6, 6.07) is 5.69. The monoisotopic (exact) mass is 261 g/mol. The van der Waals surface area contributed by atoms with Gasteiger partial charge in [0.2, 0.25) is 11.8 Å². The van der Waals surface area contributed by atoms with Gasteiger partial charge in [-0.2, -0.15) is 5.26 Å². The van der Waals surface area contributed by atoms with Gasteiger partial charge in [0, 0.05) is 12.6 Å². The molecule has 3 N–H and O–H groups in total. The number of hydrogen-bond donors (Lipinski definition) is 3. The Hall–Kier alpha value is -2.88. The average Bonchev–Trinajstić information content (AvgIpc) is 2.30. The van der Waals surface area contributed by atoms with E-state index in [1.54, 1.807) is 6.07 Å². The van der Waals surface area contributed by atoms with Crippen LogP contribution >= 0.6 is 0 Å². The van der Waals surface area contributed by atoms with Crippen molar-refractivity contribution in [3.05, 3.63) is 23.8 Å². The highest BCUT2D eigenvalue weighted by Gasteiger charge is 2.13. The van der Waals surface area contributed by atoms with E-state index in [1.807, 2.05) is 0 Å². The van der Waals surface area contributed by atoms with E-state index in [4.69, 9.17) is 10.4 Å². The van der Waals surface area contributed by atoms with E-state index in [9.17, 15) is 14.4 Å². The molecule has 7 nitrogen and oxygen atoms in total. The lowest BCUT2D eigenvalue weighted by atomic mass is 10.1. The van der Waals surface area contributed by atoms with E-state index >= 15 is 0 Å². The van der Waals surface area contributed by atoms with Gasteiger partial charge in [-0.25, -0.2) is 4.79 Å². The van der Waals surface area contributed by atoms with Gasteiger partial charge >= 0.3 is 5.97 Å². The van der Waals surface area contributed by atoms with Crippen molar-refractivity contribution in [2.75, 3.05) is 10.6 Å². The highest BCUT2D eigenvalue weighted by atomic mass is 16.4. The molecule has 1 aromatic rings. The highest BCUT2D eigenvalue weighted by Crippen LogP contribution is 2.21. The molecular formula is C12H11N3O4. The van der Waals surface area contributed by atoms with Gasteiger partial charge in [0.15, 0.2) is 0 Å². The van der Waals surface area contributed by atoms with Crippen LogP contribution in [0.2, 0.25) is 0 Å². The molecule has 0 aliphatic rings. The van der Waals surface area contributed by atoms with Crippen LogP contribution in [-0.2, 0) is 9.59 Å². The van der Waals surface area contributed by atoms with Crippen LogP contribution in [0.15, 0.2) is 18.2 Å². The van der Waals surface area contributed by atoms with Gasteiger partial charge in [0.25, 0.3) is 0 Å². The van der Waals surface area contributed by atoms with Gasteiger partial charge in [-0.05, 0) is 18.2 Å². The van der Waals surface area contributed by atoms with Gasteiger partial charge in [-0.1, -0.05) is 0 Å². The number of aromatic carboxylic acids is 1. The fourth-order valence-electron chi connectivity index (χ4n) is 1.38. The maximum atomic E-state index is 11.3. The minimum absolute atomic E-state index is 0.0712. The number of nitrogens with one attached hydrogen (secondary N) is 2. The molecule has 98 valence electrons. The van der Waals surface area contributed by atoms with Crippen LogP contribution in [0, 0.1) is 11.3 Å². The van der Waals surface area contributed by atoms with Gasteiger partial charge in [0.1, 0.15) is 6.42 Å². The van der Waals surface area contributed by atoms with E-state index in [1.165, 1.54) is 25.1 Å². The van der Waals surface area contributed by atoms with E-state index in [2.05, 4.69) is 10.6 Å². The number of carboxylic acid groups (broad SMARTS) is 1. The normalized spacial score (nSPS) is 9.26. The molecule has 0 heterocycles. The van der Waals surface area contributed by atoms with E-state index in [0.717, 1.165) is 0 Å². The lowest BCUT2D eigenvalue weighted by Gasteiger charge is -2.09. The molecule has 0 unspecified atom stereocenters. The molecule has 0 saturated heterocycles. The topological polar surface area (TPSA) is 119 Å². The number of carbonyl (C=O) groups is 3. The molecule has 19 heavy (non-hydrogen) atoms. The van der Waals surface area contributed by atoms with Crippen LogP contribution in [0.5, 0.6) is 0 Å². The lowest BCUT2D eigenvalue weighted by molar-refractivity contribution is -0.115. The lowest BCUT2D eigenvalue weighted by Crippen LogP contribution is -2.14. The van der Waals surface area contributed by atoms with Crippen molar-refractivity contribution in [1.29, 1.82) is 5.26 Å². The van der Waals surface area contributed by atoms with Crippen molar-refractivity contribution in [3.8, 4) is 6.07 Å². The molecule has 1 aromatic carbocycles. The first-order chi connectivity index (χ1) is 8.93. The van der Waals surface area contributed by atoms with Gasteiger partial charge < -0.3 is 15.7 Å². The summed E-state index contributed by atoms with van der Waals surface area (Å²) in [6.45, 7) is 1.29. The first kappa shape index (κ1) is 14.2. The van der Waals surface area contributed by atoms with Crippen molar-refractivity contribution >= 4 is 29.2 Å². The van der Waals surface area contributed by atoms with E-state index < -0.39 is 11.9 Å². The predicted octanol–water partition coefficient (Wildman–Crippen LogP) is 1.20. The van der Waals surface area contributed by atoms with Crippen molar-refractivity contribution < 1.29 is 19.5 Å². The molecule has 0 aromatic heterocycles. The largest absolute Gasteiger partial charge is 0.478 e. The maximum absolute atomic E-state index is 11.3. The number of carboxylic acids is 1. The van der Waals surface area contributed by atoms with Crippen molar-refractivity contribution in [3.63, 3.8) is 0 Å². The van der Waals surface area contributed by atoms with Crippen LogP contribution in [0.3, 0.4) is 0 Å². The third kappa shape index (κ3) is 4.12. The molecule has 0 aliphatic carbocycles. The number of amides is 2. The summed E-state index contributed by atoms with van der Waals surface area (Å²) < 4.78 is 0. The van der Waals surface area contributed by atoms with E-state index in [-0.39, 0.29) is 23.6 Å². The summed E-state index contributed by atoms with van der Waals surface area (Å²) in [5, 5.41) is 22.2. The second kappa shape index (κ2) is 6.16. The second-order valence-corrected chi connectivity index (χ2v) is 3.63. The third-order valence-corrected chi connectivity index (χ3v) is 2.08. The third-order valence-electron chi connectivity index (χ3n) is 2.08. The molecule has 0 spiro atoms. The quantitative estimate of drug-likeness (QED) is 0.752. The van der Waals surface area contributed by atoms with Gasteiger partial charge in [0.05, 0.1) is 17.3 Å². The number of anilines is 2. The summed E-state index contributed by atoms with van der Waals surface area (Å²) in [5.74, 6) is -2.19. The summed E-state index contributed by atoms with van der Waals surface area (Å²) in [4.78, 5) is 33.2. The molecule has 7 heteroatoms. The Kier molecular flexibility index (Phi) is 4.60. The van der Waals surface area contributed by atoms with Crippen LogP contribution in [0.4, 0.5) is 11.4 Å². The second-order valence-electron chi connectivity index (χ2n) is 3.63. The standard InChI is InChI=1S/C12H11N3O4/c1-7(16)14-8-2-3-10(9(6-8)12(18)19)15-11(17)4-5-13/h2-3,6H,4H2,1H3,(H,14,16)(H,15,17)(H,18,19). The number of hydrogen-bond acceptors (Lipinski definition) is 4. The molecule has 0 fully saturated rings. The van der Waals surface area contributed by atoms with Crippen LogP contribution in [-0.4, -0.2) is 22.9 Å². The Morgan fingerprint density at radius 1 is 1.32 bits per heavy atom. The summed E-state index contributed by atoms with van der Waals surface area (Å²) in [6.07, 6.45) is -0.369. The Morgan fingerprint density at radius 2 is 2.00 bits per heavy atom. The number of benzene rings is 1. The molecule has 2 amide bonds. The van der Waals surface area contributed by atoms with Crippen molar-refractivity contribution in [1.82, 2.24) is 0 Å². The summed E-state index contributed by atoms with van der Waals surface area (Å²) in [7, 11) is 0. The SMILES string of the molecule is CC(=O)Nc1ccc(NC(=O)CC#N)c(C(=O)O)c1. The summed E-state index contributed by atoms with van der Waals surface area (Å²) in [5.41, 5.74) is 0.211. The van der Waals surface area contributed by atoms with Gasteiger partial charge in [-0.3, -0.25) is 9.59 Å².